The molecule has 1 aromatic carbocycles. The van der Waals surface area contributed by atoms with Gasteiger partial charge in [0.2, 0.25) is 5.89 Å². The molecule has 1 aromatic heterocycles. The topological polar surface area (TPSA) is 62.4 Å². The summed E-state index contributed by atoms with van der Waals surface area (Å²) < 4.78 is 5.06. The molecule has 1 atom stereocenters. The lowest BCUT2D eigenvalue weighted by Crippen LogP contribution is -2.35. The number of hydrogen-bond acceptors (Lipinski definition) is 5. The van der Waals surface area contributed by atoms with Crippen LogP contribution in [-0.4, -0.2) is 33.2 Å². The first-order valence-electron chi connectivity index (χ1n) is 7.93. The number of aliphatic hydroxyl groups is 1. The normalized spacial score (nSPS) is 19.5. The zero-order chi connectivity index (χ0) is 15.4. The number of aromatic nitrogens is 2. The Morgan fingerprint density at radius 1 is 1.27 bits per heavy atom. The Kier molecular flexibility index (Phi) is 4.85. The third-order valence-corrected chi connectivity index (χ3v) is 4.26. The molecule has 0 amide bonds. The van der Waals surface area contributed by atoms with E-state index in [4.69, 9.17) is 9.63 Å². The lowest BCUT2D eigenvalue weighted by molar-refractivity contribution is 0.165. The summed E-state index contributed by atoms with van der Waals surface area (Å²) in [6, 6.07) is 8.22. The number of piperidine rings is 1. The molecule has 1 aliphatic heterocycles. The van der Waals surface area contributed by atoms with Gasteiger partial charge in [-0.05, 0) is 36.4 Å². The van der Waals surface area contributed by atoms with Gasteiger partial charge in [-0.2, -0.15) is 4.98 Å². The van der Waals surface area contributed by atoms with E-state index in [0.717, 1.165) is 37.4 Å². The summed E-state index contributed by atoms with van der Waals surface area (Å²) in [5.41, 5.74) is 2.26. The third-order valence-electron chi connectivity index (χ3n) is 4.26. The second-order valence-electron chi connectivity index (χ2n) is 6.15. The molecule has 3 rings (SSSR count). The van der Waals surface area contributed by atoms with Gasteiger partial charge in [-0.3, -0.25) is 4.90 Å². The molecule has 0 radical (unpaired) electrons. The quantitative estimate of drug-likeness (QED) is 0.918. The largest absolute Gasteiger partial charge is 0.392 e. The van der Waals surface area contributed by atoms with Crippen molar-refractivity contribution in [3.63, 3.8) is 0 Å². The van der Waals surface area contributed by atoms with Crippen molar-refractivity contribution in [3.8, 4) is 0 Å². The Bertz CT molecular complexity index is 594. The number of nitrogens with zero attached hydrogens (tertiary/aromatic N) is 3. The number of likely N-dealkylation sites (tertiary alicyclic amines) is 1. The Morgan fingerprint density at radius 2 is 2.05 bits per heavy atom. The molecule has 0 saturated carbocycles. The van der Waals surface area contributed by atoms with Crippen LogP contribution in [0.4, 0.5) is 0 Å². The van der Waals surface area contributed by atoms with E-state index in [9.17, 15) is 0 Å². The highest BCUT2D eigenvalue weighted by Gasteiger charge is 2.21. The van der Waals surface area contributed by atoms with Gasteiger partial charge in [0.05, 0.1) is 6.61 Å². The van der Waals surface area contributed by atoms with Gasteiger partial charge in [-0.15, -0.1) is 0 Å². The van der Waals surface area contributed by atoms with Crippen LogP contribution >= 0.6 is 0 Å². The standard InChI is InChI=1S/C17H23N3O2/c1-13-18-17(19-22-13)9-16-3-2-8-20(11-16)10-14-4-6-15(12-21)7-5-14/h4-7,16,21H,2-3,8-12H2,1H3. The summed E-state index contributed by atoms with van der Waals surface area (Å²) in [5, 5.41) is 13.1. The van der Waals surface area contributed by atoms with E-state index in [0.29, 0.717) is 11.8 Å². The van der Waals surface area contributed by atoms with E-state index < -0.39 is 0 Å². The minimum absolute atomic E-state index is 0.107. The van der Waals surface area contributed by atoms with Crippen LogP contribution in [0.25, 0.3) is 0 Å². The van der Waals surface area contributed by atoms with Crippen LogP contribution in [0, 0.1) is 12.8 Å². The molecule has 0 aliphatic carbocycles. The van der Waals surface area contributed by atoms with Gasteiger partial charge >= 0.3 is 0 Å². The van der Waals surface area contributed by atoms with E-state index in [-0.39, 0.29) is 6.61 Å². The van der Waals surface area contributed by atoms with E-state index in [1.165, 1.54) is 18.4 Å². The molecule has 1 N–H and O–H groups in total. The van der Waals surface area contributed by atoms with Crippen LogP contribution < -0.4 is 0 Å². The fourth-order valence-electron chi connectivity index (χ4n) is 3.15. The van der Waals surface area contributed by atoms with Gasteiger partial charge in [0, 0.05) is 26.4 Å². The van der Waals surface area contributed by atoms with Crippen molar-refractivity contribution >= 4 is 0 Å². The Labute approximate surface area is 131 Å². The first-order chi connectivity index (χ1) is 10.7. The van der Waals surface area contributed by atoms with Crippen molar-refractivity contribution in [2.24, 2.45) is 5.92 Å². The molecular formula is C17H23N3O2. The predicted molar refractivity (Wildman–Crippen MR) is 83.1 cm³/mol. The van der Waals surface area contributed by atoms with Gasteiger partial charge in [-0.25, -0.2) is 0 Å². The lowest BCUT2D eigenvalue weighted by atomic mass is 9.94. The summed E-state index contributed by atoms with van der Waals surface area (Å²) >= 11 is 0. The van der Waals surface area contributed by atoms with E-state index in [1.807, 2.05) is 19.1 Å². The Morgan fingerprint density at radius 3 is 2.73 bits per heavy atom. The summed E-state index contributed by atoms with van der Waals surface area (Å²) in [6.07, 6.45) is 3.35. The van der Waals surface area contributed by atoms with Gasteiger partial charge in [0.15, 0.2) is 5.82 Å². The van der Waals surface area contributed by atoms with Crippen LogP contribution in [-0.2, 0) is 19.6 Å². The molecule has 5 nitrogen and oxygen atoms in total. The zero-order valence-electron chi connectivity index (χ0n) is 13.0. The summed E-state index contributed by atoms with van der Waals surface area (Å²) in [6.45, 7) is 5.13. The maximum atomic E-state index is 9.10. The Balaban J connectivity index is 1.55. The first-order valence-corrected chi connectivity index (χ1v) is 7.93. The van der Waals surface area contributed by atoms with Crippen LogP contribution in [0.2, 0.25) is 0 Å². The molecule has 5 heteroatoms. The zero-order valence-corrected chi connectivity index (χ0v) is 13.0. The van der Waals surface area contributed by atoms with E-state index >= 15 is 0 Å². The summed E-state index contributed by atoms with van der Waals surface area (Å²) in [7, 11) is 0. The first kappa shape index (κ1) is 15.2. The number of aliphatic hydroxyl groups excluding tert-OH is 1. The van der Waals surface area contributed by atoms with Gasteiger partial charge < -0.3 is 9.63 Å². The Hall–Kier alpha value is -1.72. The van der Waals surface area contributed by atoms with Crippen molar-refractivity contribution in [1.29, 1.82) is 0 Å². The van der Waals surface area contributed by atoms with Crippen molar-refractivity contribution in [1.82, 2.24) is 15.0 Å². The predicted octanol–water partition coefficient (Wildman–Crippen LogP) is 2.33. The number of rotatable bonds is 5. The second kappa shape index (κ2) is 7.03. The average molecular weight is 301 g/mol. The number of hydrogen-bond donors (Lipinski definition) is 1. The SMILES string of the molecule is Cc1nc(CC2CCCN(Cc3ccc(CO)cc3)C2)no1. The molecular weight excluding hydrogens is 278 g/mol. The van der Waals surface area contributed by atoms with Crippen LogP contribution in [0.3, 0.4) is 0 Å². The molecule has 1 saturated heterocycles. The third kappa shape index (κ3) is 3.93. The van der Waals surface area contributed by atoms with Gasteiger partial charge in [0.25, 0.3) is 0 Å². The van der Waals surface area contributed by atoms with Gasteiger partial charge in [-0.1, -0.05) is 29.4 Å². The lowest BCUT2D eigenvalue weighted by Gasteiger charge is -2.32. The molecule has 22 heavy (non-hydrogen) atoms. The summed E-state index contributed by atoms with van der Waals surface area (Å²) in [5.74, 6) is 2.07. The molecule has 1 fully saturated rings. The fraction of sp³-hybridized carbons (Fsp3) is 0.529. The fourth-order valence-corrected chi connectivity index (χ4v) is 3.15. The average Bonchev–Trinajstić information content (AvgIpc) is 2.93. The second-order valence-corrected chi connectivity index (χ2v) is 6.15. The minimum Gasteiger partial charge on any atom is -0.392 e. The van der Waals surface area contributed by atoms with Crippen molar-refractivity contribution < 1.29 is 9.63 Å². The molecule has 118 valence electrons. The smallest absolute Gasteiger partial charge is 0.223 e. The van der Waals surface area contributed by atoms with Crippen molar-refractivity contribution in [2.45, 2.75) is 39.3 Å². The van der Waals surface area contributed by atoms with Crippen LogP contribution in [0.1, 0.15) is 35.7 Å². The summed E-state index contributed by atoms with van der Waals surface area (Å²) in [4.78, 5) is 6.81. The van der Waals surface area contributed by atoms with Crippen LogP contribution in [0.15, 0.2) is 28.8 Å². The highest BCUT2D eigenvalue weighted by Crippen LogP contribution is 2.21. The molecule has 1 unspecified atom stereocenters. The maximum Gasteiger partial charge on any atom is 0.223 e. The highest BCUT2D eigenvalue weighted by atomic mass is 16.5. The van der Waals surface area contributed by atoms with Crippen LogP contribution in [0.5, 0.6) is 0 Å². The molecule has 0 bridgehead atoms. The monoisotopic (exact) mass is 301 g/mol. The molecule has 2 heterocycles. The molecule has 2 aromatic rings. The number of benzene rings is 1. The van der Waals surface area contributed by atoms with E-state index in [1.54, 1.807) is 0 Å². The maximum absolute atomic E-state index is 9.10. The highest BCUT2D eigenvalue weighted by molar-refractivity contribution is 5.21. The van der Waals surface area contributed by atoms with Crippen molar-refractivity contribution in [2.75, 3.05) is 13.1 Å². The number of aryl methyl sites for hydroxylation is 1. The van der Waals surface area contributed by atoms with Crippen molar-refractivity contribution in [3.05, 3.63) is 47.1 Å². The van der Waals surface area contributed by atoms with E-state index in [2.05, 4.69) is 27.2 Å². The molecule has 1 aliphatic rings. The minimum atomic E-state index is 0.107. The van der Waals surface area contributed by atoms with Gasteiger partial charge in [0.1, 0.15) is 0 Å². The molecule has 0 spiro atoms.